The molecule has 25 heavy (non-hydrogen) atoms. The molecule has 0 unspecified atom stereocenters. The van der Waals surface area contributed by atoms with Crippen LogP contribution in [0.4, 0.5) is 0 Å². The van der Waals surface area contributed by atoms with Crippen molar-refractivity contribution in [2.24, 2.45) is 0 Å². The van der Waals surface area contributed by atoms with Crippen LogP contribution in [-0.4, -0.2) is 41.9 Å². The van der Waals surface area contributed by atoms with Gasteiger partial charge in [0.25, 0.3) is 5.91 Å². The number of furan rings is 1. The molecule has 4 rings (SSSR count). The van der Waals surface area contributed by atoms with Crippen molar-refractivity contribution in [3.05, 3.63) is 45.5 Å². The van der Waals surface area contributed by atoms with Gasteiger partial charge in [0.1, 0.15) is 5.76 Å². The molecule has 1 aliphatic heterocycles. The van der Waals surface area contributed by atoms with E-state index < -0.39 is 0 Å². The van der Waals surface area contributed by atoms with Crippen molar-refractivity contribution in [1.29, 1.82) is 0 Å². The van der Waals surface area contributed by atoms with Crippen LogP contribution in [0.25, 0.3) is 0 Å². The van der Waals surface area contributed by atoms with Crippen LogP contribution in [0.2, 0.25) is 0 Å². The van der Waals surface area contributed by atoms with Crippen LogP contribution in [-0.2, 0) is 19.4 Å². The van der Waals surface area contributed by atoms with Crippen LogP contribution in [0.1, 0.15) is 51.6 Å². The number of hydrogen-bond donors (Lipinski definition) is 0. The standard InChI is InChI=1S/C20H26N2O2S/c23-20(19-14-16-6-3-1-2-4-8-18(16)25-19)22-11-9-21(10-12-22)15-17-7-5-13-24-17/h5,7,13-14H,1-4,6,8-12,15H2. The average Bonchev–Trinajstić information content (AvgIpc) is 3.25. The summed E-state index contributed by atoms with van der Waals surface area (Å²) in [5.41, 5.74) is 1.43. The van der Waals surface area contributed by atoms with Crippen molar-refractivity contribution in [3.8, 4) is 0 Å². The van der Waals surface area contributed by atoms with Gasteiger partial charge in [-0.2, -0.15) is 0 Å². The molecule has 0 spiro atoms. The molecule has 2 aromatic heterocycles. The van der Waals surface area contributed by atoms with E-state index in [9.17, 15) is 4.79 Å². The van der Waals surface area contributed by atoms with Crippen LogP contribution in [0, 0.1) is 0 Å². The Bertz CT molecular complexity index is 674. The maximum atomic E-state index is 12.9. The van der Waals surface area contributed by atoms with Crippen molar-refractivity contribution < 1.29 is 9.21 Å². The number of carbonyl (C=O) groups excluding carboxylic acids is 1. The molecule has 3 heterocycles. The molecule has 0 radical (unpaired) electrons. The molecule has 5 heteroatoms. The van der Waals surface area contributed by atoms with E-state index >= 15 is 0 Å². The van der Waals surface area contributed by atoms with Gasteiger partial charge in [-0.1, -0.05) is 12.8 Å². The number of hydrogen-bond acceptors (Lipinski definition) is 4. The molecule has 134 valence electrons. The molecular weight excluding hydrogens is 332 g/mol. The molecular formula is C20H26N2O2S. The fourth-order valence-electron chi connectivity index (χ4n) is 3.84. The van der Waals surface area contributed by atoms with Crippen LogP contribution in [0.3, 0.4) is 0 Å². The molecule has 1 amide bonds. The van der Waals surface area contributed by atoms with Gasteiger partial charge in [0.2, 0.25) is 0 Å². The molecule has 0 atom stereocenters. The normalized spacial score (nSPS) is 19.3. The van der Waals surface area contributed by atoms with E-state index in [0.717, 1.165) is 56.2 Å². The molecule has 0 aromatic carbocycles. The molecule has 1 fully saturated rings. The smallest absolute Gasteiger partial charge is 0.264 e. The monoisotopic (exact) mass is 358 g/mol. The topological polar surface area (TPSA) is 36.7 Å². The van der Waals surface area contributed by atoms with E-state index in [1.807, 2.05) is 17.0 Å². The Morgan fingerprint density at radius 1 is 1.08 bits per heavy atom. The third kappa shape index (κ3) is 3.98. The van der Waals surface area contributed by atoms with Crippen LogP contribution in [0.5, 0.6) is 0 Å². The number of fused-ring (bicyclic) bond motifs is 1. The second-order valence-corrected chi connectivity index (χ2v) is 8.26. The van der Waals surface area contributed by atoms with Crippen LogP contribution in [0.15, 0.2) is 28.9 Å². The van der Waals surface area contributed by atoms with E-state index in [1.54, 1.807) is 17.6 Å². The van der Waals surface area contributed by atoms with Gasteiger partial charge >= 0.3 is 0 Å². The van der Waals surface area contributed by atoms with Gasteiger partial charge in [0.15, 0.2) is 0 Å². The minimum atomic E-state index is 0.231. The van der Waals surface area contributed by atoms with Gasteiger partial charge in [0, 0.05) is 31.1 Å². The largest absolute Gasteiger partial charge is 0.468 e. The quantitative estimate of drug-likeness (QED) is 0.833. The second-order valence-electron chi connectivity index (χ2n) is 7.12. The summed E-state index contributed by atoms with van der Waals surface area (Å²) in [6.07, 6.45) is 9.22. The molecule has 0 N–H and O–H groups in total. The molecule has 2 aromatic rings. The zero-order valence-electron chi connectivity index (χ0n) is 14.7. The first kappa shape index (κ1) is 16.9. The zero-order chi connectivity index (χ0) is 17.1. The van der Waals surface area contributed by atoms with Gasteiger partial charge in [0.05, 0.1) is 17.7 Å². The summed E-state index contributed by atoms with van der Waals surface area (Å²) in [5, 5.41) is 0. The Kier molecular flexibility index (Phi) is 5.22. The number of nitrogens with zero attached hydrogens (tertiary/aromatic N) is 2. The van der Waals surface area contributed by atoms with E-state index in [2.05, 4.69) is 11.0 Å². The van der Waals surface area contributed by atoms with Gasteiger partial charge in [-0.3, -0.25) is 9.69 Å². The third-order valence-corrected chi connectivity index (χ3v) is 6.55. The Morgan fingerprint density at radius 3 is 2.64 bits per heavy atom. The zero-order valence-corrected chi connectivity index (χ0v) is 15.5. The summed E-state index contributed by atoms with van der Waals surface area (Å²) < 4.78 is 5.43. The number of thiophene rings is 1. The lowest BCUT2D eigenvalue weighted by atomic mass is 10.00. The summed E-state index contributed by atoms with van der Waals surface area (Å²) in [5.74, 6) is 1.23. The predicted molar refractivity (Wildman–Crippen MR) is 100 cm³/mol. The first-order valence-corrected chi connectivity index (χ1v) is 10.3. The molecule has 1 saturated heterocycles. The predicted octanol–water partition coefficient (Wildman–Crippen LogP) is 3.96. The molecule has 0 saturated carbocycles. The summed E-state index contributed by atoms with van der Waals surface area (Å²) in [4.78, 5) is 19.7. The van der Waals surface area contributed by atoms with Crippen molar-refractivity contribution >= 4 is 17.2 Å². The van der Waals surface area contributed by atoms with Crippen molar-refractivity contribution in [2.45, 2.75) is 45.1 Å². The summed E-state index contributed by atoms with van der Waals surface area (Å²) in [7, 11) is 0. The Balaban J connectivity index is 1.36. The minimum absolute atomic E-state index is 0.231. The van der Waals surface area contributed by atoms with Gasteiger partial charge in [-0.25, -0.2) is 0 Å². The van der Waals surface area contributed by atoms with Gasteiger partial charge in [-0.15, -0.1) is 11.3 Å². The SMILES string of the molecule is O=C(c1cc2c(s1)CCCCCC2)N1CCN(Cc2ccco2)CC1. The highest BCUT2D eigenvalue weighted by Crippen LogP contribution is 2.29. The minimum Gasteiger partial charge on any atom is -0.468 e. The first-order chi connectivity index (χ1) is 12.3. The highest BCUT2D eigenvalue weighted by molar-refractivity contribution is 7.14. The fraction of sp³-hybridized carbons (Fsp3) is 0.550. The molecule has 0 bridgehead atoms. The number of piperazine rings is 1. The highest BCUT2D eigenvalue weighted by Gasteiger charge is 2.25. The Morgan fingerprint density at radius 2 is 1.88 bits per heavy atom. The number of rotatable bonds is 3. The lowest BCUT2D eigenvalue weighted by Gasteiger charge is -2.34. The highest BCUT2D eigenvalue weighted by atomic mass is 32.1. The fourth-order valence-corrected chi connectivity index (χ4v) is 5.06. The maximum Gasteiger partial charge on any atom is 0.264 e. The van der Waals surface area contributed by atoms with Crippen LogP contribution < -0.4 is 0 Å². The summed E-state index contributed by atoms with van der Waals surface area (Å²) >= 11 is 1.74. The van der Waals surface area contributed by atoms with E-state index in [1.165, 1.54) is 36.1 Å². The summed E-state index contributed by atoms with van der Waals surface area (Å²) in [6, 6.07) is 6.12. The van der Waals surface area contributed by atoms with E-state index in [4.69, 9.17) is 4.42 Å². The lowest BCUT2D eigenvalue weighted by molar-refractivity contribution is 0.0625. The number of aryl methyl sites for hydroxylation is 2. The average molecular weight is 359 g/mol. The second kappa shape index (κ2) is 7.75. The van der Waals surface area contributed by atoms with Gasteiger partial charge in [-0.05, 0) is 49.4 Å². The molecule has 2 aliphatic rings. The molecule has 4 nitrogen and oxygen atoms in total. The Labute approximate surface area is 153 Å². The first-order valence-electron chi connectivity index (χ1n) is 9.45. The van der Waals surface area contributed by atoms with E-state index in [0.29, 0.717) is 0 Å². The Hall–Kier alpha value is -1.59. The number of carbonyl (C=O) groups is 1. The molecule has 1 aliphatic carbocycles. The summed E-state index contributed by atoms with van der Waals surface area (Å²) in [6.45, 7) is 4.28. The van der Waals surface area contributed by atoms with Crippen molar-refractivity contribution in [3.63, 3.8) is 0 Å². The van der Waals surface area contributed by atoms with Crippen LogP contribution >= 0.6 is 11.3 Å². The van der Waals surface area contributed by atoms with Crippen molar-refractivity contribution in [2.75, 3.05) is 26.2 Å². The van der Waals surface area contributed by atoms with E-state index in [-0.39, 0.29) is 5.91 Å². The third-order valence-electron chi connectivity index (χ3n) is 5.33. The van der Waals surface area contributed by atoms with Crippen molar-refractivity contribution in [1.82, 2.24) is 9.80 Å². The number of amides is 1. The maximum absolute atomic E-state index is 12.9. The lowest BCUT2D eigenvalue weighted by Crippen LogP contribution is -2.48. The van der Waals surface area contributed by atoms with Gasteiger partial charge < -0.3 is 9.32 Å².